The van der Waals surface area contributed by atoms with Crippen molar-refractivity contribution in [3.63, 3.8) is 0 Å². The van der Waals surface area contributed by atoms with Crippen molar-refractivity contribution in [1.29, 1.82) is 0 Å². The van der Waals surface area contributed by atoms with Crippen LogP contribution in [0.4, 0.5) is 0 Å². The van der Waals surface area contributed by atoms with E-state index in [0.717, 1.165) is 18.4 Å². The van der Waals surface area contributed by atoms with Gasteiger partial charge in [0.1, 0.15) is 5.54 Å². The van der Waals surface area contributed by atoms with Gasteiger partial charge < -0.3 is 0 Å². The second kappa shape index (κ2) is 4.56. The summed E-state index contributed by atoms with van der Waals surface area (Å²) in [5, 5.41) is 3.37. The van der Waals surface area contributed by atoms with Gasteiger partial charge in [0, 0.05) is 0 Å². The lowest BCUT2D eigenvalue weighted by Crippen LogP contribution is -2.22. The van der Waals surface area contributed by atoms with Gasteiger partial charge in [-0.25, -0.2) is 0 Å². The fourth-order valence-corrected chi connectivity index (χ4v) is 2.14. The number of nitrogens with zero attached hydrogens (tertiary/aromatic N) is 1. The monoisotopic (exact) mass is 205 g/mol. The maximum Gasteiger partial charge on any atom is 0.127 e. The smallest absolute Gasteiger partial charge is 0.127 e. The van der Waals surface area contributed by atoms with E-state index in [9.17, 15) is 4.91 Å². The van der Waals surface area contributed by atoms with Crippen molar-refractivity contribution in [2.24, 2.45) is 5.18 Å². The Kier molecular flexibility index (Phi) is 3.61. The molecular weight excluding hydrogens is 186 g/mol. The van der Waals surface area contributed by atoms with Gasteiger partial charge in [0.2, 0.25) is 0 Å². The fraction of sp³-hybridized carbons (Fsp3) is 0.538. The Morgan fingerprint density at radius 3 is 2.20 bits per heavy atom. The Morgan fingerprint density at radius 1 is 1.20 bits per heavy atom. The molecule has 0 spiro atoms. The van der Waals surface area contributed by atoms with Crippen molar-refractivity contribution in [2.45, 2.75) is 46.1 Å². The molecule has 0 bridgehead atoms. The zero-order valence-electron chi connectivity index (χ0n) is 10.0. The van der Waals surface area contributed by atoms with Crippen molar-refractivity contribution >= 4 is 0 Å². The lowest BCUT2D eigenvalue weighted by atomic mass is 9.83. The van der Waals surface area contributed by atoms with Crippen LogP contribution in [0.15, 0.2) is 23.4 Å². The van der Waals surface area contributed by atoms with Gasteiger partial charge in [0.15, 0.2) is 0 Å². The lowest BCUT2D eigenvalue weighted by molar-refractivity contribution is 0.410. The van der Waals surface area contributed by atoms with Gasteiger partial charge in [-0.3, -0.25) is 0 Å². The number of aryl methyl sites for hydroxylation is 2. The lowest BCUT2D eigenvalue weighted by Gasteiger charge is -2.25. The molecule has 0 heterocycles. The van der Waals surface area contributed by atoms with Gasteiger partial charge in [-0.05, 0) is 37.8 Å². The topological polar surface area (TPSA) is 29.4 Å². The maximum absolute atomic E-state index is 11.1. The second-order valence-electron chi connectivity index (χ2n) is 4.15. The van der Waals surface area contributed by atoms with E-state index in [1.54, 1.807) is 0 Å². The van der Waals surface area contributed by atoms with Crippen LogP contribution in [0.25, 0.3) is 0 Å². The van der Waals surface area contributed by atoms with Crippen LogP contribution in [-0.4, -0.2) is 0 Å². The van der Waals surface area contributed by atoms with Gasteiger partial charge in [-0.1, -0.05) is 42.8 Å². The number of rotatable bonds is 4. The summed E-state index contributed by atoms with van der Waals surface area (Å²) in [5.74, 6) is 0. The normalized spacial score (nSPS) is 11.5. The highest BCUT2D eigenvalue weighted by Crippen LogP contribution is 2.35. The van der Waals surface area contributed by atoms with E-state index in [1.807, 2.05) is 32.9 Å². The summed E-state index contributed by atoms with van der Waals surface area (Å²) >= 11 is 0. The van der Waals surface area contributed by atoms with E-state index in [1.165, 1.54) is 11.1 Å². The zero-order chi connectivity index (χ0) is 11.5. The number of hydrogen-bond acceptors (Lipinski definition) is 2. The average Bonchev–Trinajstić information content (AvgIpc) is 2.23. The van der Waals surface area contributed by atoms with Crippen molar-refractivity contribution < 1.29 is 0 Å². The summed E-state index contributed by atoms with van der Waals surface area (Å²) < 4.78 is 0. The molecule has 0 saturated carbocycles. The molecule has 1 aromatic rings. The maximum atomic E-state index is 11.1. The van der Waals surface area contributed by atoms with Crippen molar-refractivity contribution in [2.75, 3.05) is 0 Å². The quantitative estimate of drug-likeness (QED) is 0.681. The third-order valence-electron chi connectivity index (χ3n) is 3.23. The molecule has 2 nitrogen and oxygen atoms in total. The van der Waals surface area contributed by atoms with Crippen molar-refractivity contribution in [3.05, 3.63) is 39.8 Å². The van der Waals surface area contributed by atoms with E-state index in [4.69, 9.17) is 0 Å². The summed E-state index contributed by atoms with van der Waals surface area (Å²) in [6.45, 7) is 8.15. The molecule has 2 heteroatoms. The summed E-state index contributed by atoms with van der Waals surface area (Å²) in [6.07, 6.45) is 1.52. The summed E-state index contributed by atoms with van der Waals surface area (Å²) in [6, 6.07) is 6.20. The predicted octanol–water partition coefficient (Wildman–Crippen LogP) is 4.09. The molecule has 0 aromatic heterocycles. The van der Waals surface area contributed by atoms with Gasteiger partial charge in [-0.15, -0.1) is 4.91 Å². The molecule has 0 fully saturated rings. The van der Waals surface area contributed by atoms with E-state index < -0.39 is 5.54 Å². The molecule has 0 aliphatic carbocycles. The minimum absolute atomic E-state index is 0.530. The van der Waals surface area contributed by atoms with E-state index in [-0.39, 0.29) is 0 Å². The van der Waals surface area contributed by atoms with Crippen molar-refractivity contribution in [3.8, 4) is 0 Å². The van der Waals surface area contributed by atoms with Gasteiger partial charge in [-0.2, -0.15) is 0 Å². The van der Waals surface area contributed by atoms with Crippen LogP contribution in [0.2, 0.25) is 0 Å². The van der Waals surface area contributed by atoms with Crippen LogP contribution in [0.5, 0.6) is 0 Å². The standard InChI is InChI=1S/C13H19NO/c1-5-13(6-2,14-15)12-8-7-10(3)9-11(12)4/h7-9H,5-6H2,1-4H3. The average molecular weight is 205 g/mol. The van der Waals surface area contributed by atoms with E-state index in [2.05, 4.69) is 18.2 Å². The Labute approximate surface area is 91.7 Å². The predicted molar refractivity (Wildman–Crippen MR) is 64.0 cm³/mol. The highest BCUT2D eigenvalue weighted by Gasteiger charge is 2.30. The minimum atomic E-state index is -0.530. The highest BCUT2D eigenvalue weighted by atomic mass is 16.3. The second-order valence-corrected chi connectivity index (χ2v) is 4.15. The highest BCUT2D eigenvalue weighted by molar-refractivity contribution is 5.36. The molecular formula is C13H19NO. The third-order valence-corrected chi connectivity index (χ3v) is 3.23. The van der Waals surface area contributed by atoms with E-state index >= 15 is 0 Å². The molecule has 0 N–H and O–H groups in total. The Balaban J connectivity index is 3.28. The van der Waals surface area contributed by atoms with Crippen LogP contribution < -0.4 is 0 Å². The Hall–Kier alpha value is -1.18. The first-order valence-corrected chi connectivity index (χ1v) is 5.52. The Bertz CT molecular complexity index is 354. The van der Waals surface area contributed by atoms with Gasteiger partial charge >= 0.3 is 0 Å². The third kappa shape index (κ3) is 2.09. The fourth-order valence-electron chi connectivity index (χ4n) is 2.14. The first kappa shape index (κ1) is 11.9. The Morgan fingerprint density at radius 2 is 1.80 bits per heavy atom. The number of hydrogen-bond donors (Lipinski definition) is 0. The molecule has 0 amide bonds. The molecule has 0 radical (unpaired) electrons. The molecule has 0 atom stereocenters. The van der Waals surface area contributed by atoms with Gasteiger partial charge in [0.25, 0.3) is 0 Å². The van der Waals surface area contributed by atoms with Crippen LogP contribution in [0.1, 0.15) is 43.4 Å². The summed E-state index contributed by atoms with van der Waals surface area (Å²) in [5.41, 5.74) is 2.94. The van der Waals surface area contributed by atoms with Crippen molar-refractivity contribution in [1.82, 2.24) is 0 Å². The molecule has 1 aromatic carbocycles. The molecule has 0 aliphatic rings. The largest absolute Gasteiger partial charge is 0.150 e. The van der Waals surface area contributed by atoms with Crippen LogP contribution in [-0.2, 0) is 5.54 Å². The zero-order valence-corrected chi connectivity index (χ0v) is 10.0. The molecule has 0 unspecified atom stereocenters. The molecule has 0 aliphatic heterocycles. The first-order valence-electron chi connectivity index (χ1n) is 5.52. The molecule has 0 saturated heterocycles. The first-order chi connectivity index (χ1) is 7.09. The SMILES string of the molecule is CCC(CC)(N=O)c1ccc(C)cc1C. The summed E-state index contributed by atoms with van der Waals surface area (Å²) in [7, 11) is 0. The van der Waals surface area contributed by atoms with Crippen LogP contribution in [0.3, 0.4) is 0 Å². The van der Waals surface area contributed by atoms with Crippen LogP contribution >= 0.6 is 0 Å². The number of benzene rings is 1. The van der Waals surface area contributed by atoms with Crippen LogP contribution in [0, 0.1) is 18.8 Å². The molecule has 82 valence electrons. The summed E-state index contributed by atoms with van der Waals surface area (Å²) in [4.78, 5) is 11.1. The van der Waals surface area contributed by atoms with Gasteiger partial charge in [0.05, 0.1) is 0 Å². The minimum Gasteiger partial charge on any atom is -0.150 e. The number of nitroso groups, excluding NO2 is 1. The molecule has 1 rings (SSSR count). The molecule has 15 heavy (non-hydrogen) atoms. The van der Waals surface area contributed by atoms with E-state index in [0.29, 0.717) is 0 Å².